The Morgan fingerprint density at radius 3 is 2.52 bits per heavy atom. The van der Waals surface area contributed by atoms with Gasteiger partial charge < -0.3 is 10.4 Å². The summed E-state index contributed by atoms with van der Waals surface area (Å²) in [5.74, 6) is -0.496. The molecule has 0 saturated heterocycles. The van der Waals surface area contributed by atoms with Crippen molar-refractivity contribution in [3.05, 3.63) is 60.4 Å². The summed E-state index contributed by atoms with van der Waals surface area (Å²) in [7, 11) is 0. The van der Waals surface area contributed by atoms with Crippen LogP contribution in [0.25, 0.3) is 16.7 Å². The summed E-state index contributed by atoms with van der Waals surface area (Å²) in [4.78, 5) is 28.2. The van der Waals surface area contributed by atoms with Crippen molar-refractivity contribution >= 4 is 22.9 Å². The van der Waals surface area contributed by atoms with Crippen molar-refractivity contribution < 1.29 is 14.7 Å². The molecule has 3 rings (SSSR count). The van der Waals surface area contributed by atoms with Gasteiger partial charge in [0.15, 0.2) is 0 Å². The number of carboxylic acids is 1. The molecule has 6 heteroatoms. The monoisotopic (exact) mass is 365 g/mol. The summed E-state index contributed by atoms with van der Waals surface area (Å²) in [6, 6.07) is 16.9. The predicted octanol–water partition coefficient (Wildman–Crippen LogP) is 3.33. The molecule has 140 valence electrons. The Hall–Kier alpha value is -3.15. The van der Waals surface area contributed by atoms with Gasteiger partial charge in [0, 0.05) is 18.5 Å². The molecule has 0 spiro atoms. The SMILES string of the molecule is CCCC(NC(=O)CCc1nc2ccccc2n1-c1ccccc1)C(=O)O. The Balaban J connectivity index is 1.81. The summed E-state index contributed by atoms with van der Waals surface area (Å²) in [5, 5.41) is 11.8. The molecule has 1 heterocycles. The summed E-state index contributed by atoms with van der Waals surface area (Å²) >= 11 is 0. The molecule has 2 N–H and O–H groups in total. The third-order valence-electron chi connectivity index (χ3n) is 4.43. The molecule has 1 amide bonds. The summed E-state index contributed by atoms with van der Waals surface area (Å²) in [5.41, 5.74) is 2.83. The lowest BCUT2D eigenvalue weighted by molar-refractivity contribution is -0.142. The number of amides is 1. The Morgan fingerprint density at radius 2 is 1.81 bits per heavy atom. The molecular formula is C21H23N3O3. The normalized spacial score (nSPS) is 12.0. The molecule has 1 unspecified atom stereocenters. The summed E-state index contributed by atoms with van der Waals surface area (Å²) in [6.45, 7) is 1.89. The molecular weight excluding hydrogens is 342 g/mol. The standard InChI is InChI=1S/C21H23N3O3/c1-2-8-17(21(26)27)23-20(25)14-13-19-22-16-11-6-7-12-18(16)24(19)15-9-4-3-5-10-15/h3-7,9-12,17H,2,8,13-14H2,1H3,(H,23,25)(H,26,27). The number of aliphatic carboxylic acids is 1. The van der Waals surface area contributed by atoms with Crippen LogP contribution in [0.3, 0.4) is 0 Å². The second-order valence-corrected chi connectivity index (χ2v) is 6.43. The fraction of sp³-hybridized carbons (Fsp3) is 0.286. The van der Waals surface area contributed by atoms with Gasteiger partial charge in [-0.3, -0.25) is 9.36 Å². The van der Waals surface area contributed by atoms with Crippen LogP contribution in [0.2, 0.25) is 0 Å². The van der Waals surface area contributed by atoms with Gasteiger partial charge in [0.2, 0.25) is 5.91 Å². The van der Waals surface area contributed by atoms with E-state index in [1.807, 2.05) is 66.1 Å². The van der Waals surface area contributed by atoms with E-state index in [0.29, 0.717) is 19.3 Å². The van der Waals surface area contributed by atoms with Crippen molar-refractivity contribution in [2.24, 2.45) is 0 Å². The van der Waals surface area contributed by atoms with Gasteiger partial charge in [-0.15, -0.1) is 0 Å². The van der Waals surface area contributed by atoms with Crippen molar-refractivity contribution in [2.75, 3.05) is 0 Å². The quantitative estimate of drug-likeness (QED) is 0.641. The zero-order chi connectivity index (χ0) is 19.2. The number of carbonyl (C=O) groups is 2. The van der Waals surface area contributed by atoms with Gasteiger partial charge in [-0.1, -0.05) is 43.7 Å². The van der Waals surface area contributed by atoms with Gasteiger partial charge in [0.05, 0.1) is 11.0 Å². The molecule has 0 radical (unpaired) electrons. The van der Waals surface area contributed by atoms with E-state index in [2.05, 4.69) is 10.3 Å². The molecule has 1 atom stereocenters. The fourth-order valence-corrected chi connectivity index (χ4v) is 3.15. The van der Waals surface area contributed by atoms with E-state index in [1.165, 1.54) is 0 Å². The minimum Gasteiger partial charge on any atom is -0.480 e. The molecule has 1 aromatic heterocycles. The lowest BCUT2D eigenvalue weighted by Gasteiger charge is -2.14. The Labute approximate surface area is 157 Å². The van der Waals surface area contributed by atoms with Crippen LogP contribution in [-0.2, 0) is 16.0 Å². The molecule has 0 aliphatic rings. The lowest BCUT2D eigenvalue weighted by atomic mass is 10.1. The highest BCUT2D eigenvalue weighted by Crippen LogP contribution is 2.22. The van der Waals surface area contributed by atoms with Gasteiger partial charge >= 0.3 is 5.97 Å². The van der Waals surface area contributed by atoms with Crippen LogP contribution in [0.4, 0.5) is 0 Å². The van der Waals surface area contributed by atoms with Crippen LogP contribution in [0.5, 0.6) is 0 Å². The van der Waals surface area contributed by atoms with E-state index in [1.54, 1.807) is 0 Å². The number of imidazole rings is 1. The number of aryl methyl sites for hydroxylation is 1. The maximum absolute atomic E-state index is 12.3. The number of rotatable bonds is 8. The van der Waals surface area contributed by atoms with Gasteiger partial charge in [-0.2, -0.15) is 0 Å². The van der Waals surface area contributed by atoms with Crippen LogP contribution in [0.15, 0.2) is 54.6 Å². The van der Waals surface area contributed by atoms with E-state index in [4.69, 9.17) is 0 Å². The molecule has 0 saturated carbocycles. The van der Waals surface area contributed by atoms with Crippen molar-refractivity contribution in [3.63, 3.8) is 0 Å². The highest BCUT2D eigenvalue weighted by molar-refractivity contribution is 5.84. The van der Waals surface area contributed by atoms with Crippen molar-refractivity contribution in [3.8, 4) is 5.69 Å². The zero-order valence-corrected chi connectivity index (χ0v) is 15.3. The number of carbonyl (C=O) groups excluding carboxylic acids is 1. The minimum absolute atomic E-state index is 0.184. The van der Waals surface area contributed by atoms with E-state index in [0.717, 1.165) is 22.5 Å². The molecule has 0 bridgehead atoms. The number of aromatic nitrogens is 2. The fourth-order valence-electron chi connectivity index (χ4n) is 3.15. The summed E-state index contributed by atoms with van der Waals surface area (Å²) in [6.07, 6.45) is 1.72. The first-order valence-corrected chi connectivity index (χ1v) is 9.14. The third-order valence-corrected chi connectivity index (χ3v) is 4.43. The zero-order valence-electron chi connectivity index (χ0n) is 15.3. The average Bonchev–Trinajstić information content (AvgIpc) is 3.05. The maximum Gasteiger partial charge on any atom is 0.326 e. The number of hydrogen-bond donors (Lipinski definition) is 2. The number of para-hydroxylation sites is 3. The number of hydrogen-bond acceptors (Lipinski definition) is 3. The Morgan fingerprint density at radius 1 is 1.11 bits per heavy atom. The van der Waals surface area contributed by atoms with Gasteiger partial charge in [-0.05, 0) is 30.7 Å². The van der Waals surface area contributed by atoms with Crippen LogP contribution in [0, 0.1) is 0 Å². The second-order valence-electron chi connectivity index (χ2n) is 6.43. The molecule has 0 aliphatic carbocycles. The van der Waals surface area contributed by atoms with Crippen LogP contribution in [0.1, 0.15) is 32.0 Å². The van der Waals surface area contributed by atoms with E-state index in [9.17, 15) is 14.7 Å². The second kappa shape index (κ2) is 8.49. The Bertz CT molecular complexity index is 934. The predicted molar refractivity (Wildman–Crippen MR) is 104 cm³/mol. The lowest BCUT2D eigenvalue weighted by Crippen LogP contribution is -2.40. The van der Waals surface area contributed by atoms with Crippen LogP contribution < -0.4 is 5.32 Å². The third kappa shape index (κ3) is 4.34. The Kier molecular flexibility index (Phi) is 5.86. The molecule has 27 heavy (non-hydrogen) atoms. The topological polar surface area (TPSA) is 84.2 Å². The first-order valence-electron chi connectivity index (χ1n) is 9.14. The number of carboxylic acid groups (broad SMARTS) is 1. The van der Waals surface area contributed by atoms with Crippen LogP contribution >= 0.6 is 0 Å². The number of nitrogens with one attached hydrogen (secondary N) is 1. The number of nitrogens with zero attached hydrogens (tertiary/aromatic N) is 2. The maximum atomic E-state index is 12.3. The molecule has 0 aliphatic heterocycles. The van der Waals surface area contributed by atoms with Crippen molar-refractivity contribution in [1.82, 2.24) is 14.9 Å². The highest BCUT2D eigenvalue weighted by Gasteiger charge is 2.19. The minimum atomic E-state index is -0.998. The van der Waals surface area contributed by atoms with Crippen molar-refractivity contribution in [2.45, 2.75) is 38.6 Å². The van der Waals surface area contributed by atoms with Gasteiger partial charge in [-0.25, -0.2) is 9.78 Å². The first kappa shape index (κ1) is 18.6. The summed E-state index contributed by atoms with van der Waals surface area (Å²) < 4.78 is 2.04. The highest BCUT2D eigenvalue weighted by atomic mass is 16.4. The largest absolute Gasteiger partial charge is 0.480 e. The van der Waals surface area contributed by atoms with Gasteiger partial charge in [0.1, 0.15) is 11.9 Å². The van der Waals surface area contributed by atoms with Gasteiger partial charge in [0.25, 0.3) is 0 Å². The molecule has 6 nitrogen and oxygen atoms in total. The number of benzene rings is 2. The number of fused-ring (bicyclic) bond motifs is 1. The van der Waals surface area contributed by atoms with E-state index < -0.39 is 12.0 Å². The van der Waals surface area contributed by atoms with E-state index >= 15 is 0 Å². The molecule has 2 aromatic carbocycles. The average molecular weight is 365 g/mol. The van der Waals surface area contributed by atoms with Crippen molar-refractivity contribution in [1.29, 1.82) is 0 Å². The molecule has 3 aromatic rings. The molecule has 0 fully saturated rings. The first-order chi connectivity index (χ1) is 13.1. The smallest absolute Gasteiger partial charge is 0.326 e. The van der Waals surface area contributed by atoms with E-state index in [-0.39, 0.29) is 12.3 Å². The van der Waals surface area contributed by atoms with Crippen LogP contribution in [-0.4, -0.2) is 32.6 Å².